The minimum absolute atomic E-state index is 0.0198. The second kappa shape index (κ2) is 6.01. The lowest BCUT2D eigenvalue weighted by Gasteiger charge is -2.15. The van der Waals surface area contributed by atoms with Crippen LogP contribution in [0.25, 0.3) is 10.9 Å². The van der Waals surface area contributed by atoms with Crippen molar-refractivity contribution in [2.24, 2.45) is 0 Å². The molecular weight excluding hydrogens is 359 g/mol. The molecule has 0 bridgehead atoms. The van der Waals surface area contributed by atoms with Crippen molar-refractivity contribution in [1.29, 1.82) is 0 Å². The molecule has 0 fully saturated rings. The van der Waals surface area contributed by atoms with E-state index in [2.05, 4.69) is 15.6 Å². The van der Waals surface area contributed by atoms with Crippen LogP contribution in [0.4, 0.5) is 35.9 Å². The smallest absolute Gasteiger partial charge is 0.361 e. The van der Waals surface area contributed by atoms with Gasteiger partial charge in [0.2, 0.25) is 0 Å². The number of rotatable bonds is 4. The molecule has 3 aromatic carbocycles. The van der Waals surface area contributed by atoms with Crippen LogP contribution in [-0.2, 0) is 6.18 Å². The first kappa shape index (κ1) is 16.9. The number of hydrogen-bond acceptors (Lipinski definition) is 4. The molecule has 0 aliphatic rings. The van der Waals surface area contributed by atoms with Crippen molar-refractivity contribution in [3.8, 4) is 0 Å². The van der Waals surface area contributed by atoms with Crippen LogP contribution in [0.3, 0.4) is 0 Å². The van der Waals surface area contributed by atoms with Gasteiger partial charge >= 0.3 is 6.18 Å². The van der Waals surface area contributed by atoms with Crippen LogP contribution in [0.15, 0.2) is 64.3 Å². The highest BCUT2D eigenvalue weighted by molar-refractivity contribution is 5.87. The molecule has 0 saturated heterocycles. The molecule has 0 spiro atoms. The van der Waals surface area contributed by atoms with Gasteiger partial charge in [-0.2, -0.15) is 13.2 Å². The summed E-state index contributed by atoms with van der Waals surface area (Å²) in [6.45, 7) is 0. The molecule has 1 aromatic heterocycles. The Balaban J connectivity index is 1.59. The summed E-state index contributed by atoms with van der Waals surface area (Å²) in [6, 6.07) is 11.5. The molecule has 0 aliphatic carbocycles. The van der Waals surface area contributed by atoms with Gasteiger partial charge in [-0.3, -0.25) is 9.59 Å². The van der Waals surface area contributed by atoms with Crippen molar-refractivity contribution < 1.29 is 13.2 Å². The van der Waals surface area contributed by atoms with E-state index in [1.54, 1.807) is 18.3 Å². The first-order chi connectivity index (χ1) is 12.8. The third kappa shape index (κ3) is 3.05. The SMILES string of the molecule is O=c1c(Nc2ccc(C(F)(F)F)cc2)c(Nc2ccc3cc[nH]c3c2)c1=O. The molecule has 3 N–H and O–H groups in total. The van der Waals surface area contributed by atoms with Crippen LogP contribution in [0.5, 0.6) is 0 Å². The maximum Gasteiger partial charge on any atom is 0.416 e. The molecule has 4 aromatic rings. The van der Waals surface area contributed by atoms with Crippen molar-refractivity contribution >= 4 is 33.7 Å². The molecule has 0 amide bonds. The van der Waals surface area contributed by atoms with Crippen LogP contribution < -0.4 is 21.5 Å². The van der Waals surface area contributed by atoms with Crippen molar-refractivity contribution in [3.63, 3.8) is 0 Å². The zero-order chi connectivity index (χ0) is 19.2. The summed E-state index contributed by atoms with van der Waals surface area (Å²) in [5.41, 5.74) is -0.372. The minimum Gasteiger partial charge on any atom is -0.361 e. The number of aromatic nitrogens is 1. The molecule has 0 saturated carbocycles. The monoisotopic (exact) mass is 371 g/mol. The standard InChI is InChI=1S/C19H12F3N3O2/c20-19(21,22)11-2-5-12(6-3-11)24-15-16(18(27)17(15)26)25-13-4-1-10-7-8-23-14(10)9-13/h1-9,23-25H. The fourth-order valence-electron chi connectivity index (χ4n) is 2.79. The third-order valence-electron chi connectivity index (χ3n) is 4.22. The predicted octanol–water partition coefficient (Wildman–Crippen LogP) is 4.27. The van der Waals surface area contributed by atoms with E-state index < -0.39 is 22.6 Å². The summed E-state index contributed by atoms with van der Waals surface area (Å²) in [7, 11) is 0. The number of halogens is 3. The summed E-state index contributed by atoms with van der Waals surface area (Å²) in [5, 5.41) is 6.60. The largest absolute Gasteiger partial charge is 0.416 e. The average Bonchev–Trinajstić information content (AvgIpc) is 3.11. The number of H-pyrrole nitrogens is 1. The maximum atomic E-state index is 12.6. The Kier molecular flexibility index (Phi) is 3.76. The van der Waals surface area contributed by atoms with Crippen LogP contribution in [0.2, 0.25) is 0 Å². The Bertz CT molecular complexity index is 1200. The van der Waals surface area contributed by atoms with E-state index in [1.165, 1.54) is 12.1 Å². The normalized spacial score (nSPS) is 11.8. The Morgan fingerprint density at radius 3 is 2.00 bits per heavy atom. The minimum atomic E-state index is -4.44. The number of anilines is 4. The van der Waals surface area contributed by atoms with E-state index in [0.717, 1.165) is 23.0 Å². The van der Waals surface area contributed by atoms with Gasteiger partial charge in [0.25, 0.3) is 10.9 Å². The summed E-state index contributed by atoms with van der Waals surface area (Å²) in [6.07, 6.45) is -2.66. The number of fused-ring (bicyclic) bond motifs is 1. The Morgan fingerprint density at radius 2 is 1.37 bits per heavy atom. The first-order valence-corrected chi connectivity index (χ1v) is 7.95. The average molecular weight is 371 g/mol. The molecule has 0 aliphatic heterocycles. The zero-order valence-corrected chi connectivity index (χ0v) is 13.6. The van der Waals surface area contributed by atoms with Gasteiger partial charge in [-0.1, -0.05) is 6.07 Å². The van der Waals surface area contributed by atoms with Gasteiger partial charge in [0.15, 0.2) is 0 Å². The fraction of sp³-hybridized carbons (Fsp3) is 0.0526. The zero-order valence-electron chi connectivity index (χ0n) is 13.6. The second-order valence-corrected chi connectivity index (χ2v) is 6.01. The number of nitrogens with one attached hydrogen (secondary N) is 3. The van der Waals surface area contributed by atoms with Crippen LogP contribution in [0, 0.1) is 0 Å². The highest BCUT2D eigenvalue weighted by Gasteiger charge is 2.30. The predicted molar refractivity (Wildman–Crippen MR) is 97.7 cm³/mol. The van der Waals surface area contributed by atoms with Crippen molar-refractivity contribution in [2.45, 2.75) is 6.18 Å². The third-order valence-corrected chi connectivity index (χ3v) is 4.22. The molecule has 136 valence electrons. The second-order valence-electron chi connectivity index (χ2n) is 6.01. The van der Waals surface area contributed by atoms with E-state index in [4.69, 9.17) is 0 Å². The molecule has 8 heteroatoms. The molecule has 0 radical (unpaired) electrons. The van der Waals surface area contributed by atoms with Crippen LogP contribution >= 0.6 is 0 Å². The molecule has 27 heavy (non-hydrogen) atoms. The van der Waals surface area contributed by atoms with Gasteiger partial charge in [0.05, 0.1) is 5.56 Å². The topological polar surface area (TPSA) is 74.0 Å². The van der Waals surface area contributed by atoms with E-state index >= 15 is 0 Å². The van der Waals surface area contributed by atoms with E-state index in [1.807, 2.05) is 12.1 Å². The molecular formula is C19H12F3N3O2. The van der Waals surface area contributed by atoms with Gasteiger partial charge in [-0.15, -0.1) is 0 Å². The molecule has 5 nitrogen and oxygen atoms in total. The van der Waals surface area contributed by atoms with E-state index in [9.17, 15) is 22.8 Å². The lowest BCUT2D eigenvalue weighted by Crippen LogP contribution is -2.35. The number of alkyl halides is 3. The summed E-state index contributed by atoms with van der Waals surface area (Å²) in [4.78, 5) is 26.8. The Labute approximate surface area is 150 Å². The first-order valence-electron chi connectivity index (χ1n) is 7.95. The van der Waals surface area contributed by atoms with Gasteiger partial charge in [-0.25, -0.2) is 0 Å². The Hall–Kier alpha value is -3.55. The maximum absolute atomic E-state index is 12.6. The number of benzene rings is 2. The van der Waals surface area contributed by atoms with E-state index in [-0.39, 0.29) is 17.1 Å². The molecule has 0 unspecified atom stereocenters. The quantitative estimate of drug-likeness (QED) is 0.469. The summed E-state index contributed by atoms with van der Waals surface area (Å²) in [5.74, 6) is 0. The van der Waals surface area contributed by atoms with Gasteiger partial charge in [-0.05, 0) is 47.9 Å². The van der Waals surface area contributed by atoms with Crippen molar-refractivity contribution in [2.75, 3.05) is 10.6 Å². The van der Waals surface area contributed by atoms with E-state index in [0.29, 0.717) is 5.69 Å². The lowest BCUT2D eigenvalue weighted by atomic mass is 10.1. The molecule has 0 atom stereocenters. The highest BCUT2D eigenvalue weighted by Crippen LogP contribution is 2.31. The van der Waals surface area contributed by atoms with Crippen LogP contribution in [0.1, 0.15) is 5.56 Å². The molecule has 4 rings (SSSR count). The van der Waals surface area contributed by atoms with Crippen LogP contribution in [-0.4, -0.2) is 4.98 Å². The van der Waals surface area contributed by atoms with Gasteiger partial charge in [0, 0.05) is 23.1 Å². The van der Waals surface area contributed by atoms with Gasteiger partial charge < -0.3 is 15.6 Å². The van der Waals surface area contributed by atoms with Crippen molar-refractivity contribution in [1.82, 2.24) is 4.98 Å². The molecule has 1 heterocycles. The fourth-order valence-corrected chi connectivity index (χ4v) is 2.79. The lowest BCUT2D eigenvalue weighted by molar-refractivity contribution is -0.137. The van der Waals surface area contributed by atoms with Crippen molar-refractivity contribution in [3.05, 3.63) is 80.7 Å². The summed E-state index contributed by atoms with van der Waals surface area (Å²) < 4.78 is 37.9. The summed E-state index contributed by atoms with van der Waals surface area (Å²) >= 11 is 0. The number of hydrogen-bond donors (Lipinski definition) is 3. The number of aromatic amines is 1. The van der Waals surface area contributed by atoms with Gasteiger partial charge in [0.1, 0.15) is 11.4 Å². The highest BCUT2D eigenvalue weighted by atomic mass is 19.4. The Morgan fingerprint density at radius 1 is 0.778 bits per heavy atom.